The van der Waals surface area contributed by atoms with Crippen LogP contribution in [0, 0.1) is 5.41 Å². The number of furan rings is 1. The van der Waals surface area contributed by atoms with Gasteiger partial charge in [0.05, 0.1) is 12.0 Å². The van der Waals surface area contributed by atoms with Crippen molar-refractivity contribution in [3.8, 4) is 0 Å². The van der Waals surface area contributed by atoms with Gasteiger partial charge in [-0.15, -0.1) is 0 Å². The van der Waals surface area contributed by atoms with Crippen molar-refractivity contribution in [2.24, 2.45) is 5.41 Å². The van der Waals surface area contributed by atoms with Crippen LogP contribution in [0.15, 0.2) is 16.5 Å². The van der Waals surface area contributed by atoms with Crippen molar-refractivity contribution in [3.05, 3.63) is 23.7 Å². The molecule has 1 heterocycles. The SMILES string of the molecule is CCCc1ccc(CCCCCCCCCC(C)(C)C(=O)OCC)o1. The minimum Gasteiger partial charge on any atom is -0.466 e. The average molecular weight is 351 g/mol. The Balaban J connectivity index is 1.98. The second-order valence-electron chi connectivity index (χ2n) is 7.70. The zero-order valence-electron chi connectivity index (χ0n) is 16.9. The van der Waals surface area contributed by atoms with E-state index in [-0.39, 0.29) is 11.4 Å². The second kappa shape index (κ2) is 12.2. The van der Waals surface area contributed by atoms with Crippen molar-refractivity contribution in [1.82, 2.24) is 0 Å². The number of carbonyl (C=O) groups is 1. The van der Waals surface area contributed by atoms with Crippen molar-refractivity contribution in [2.75, 3.05) is 6.61 Å². The molecule has 0 aromatic carbocycles. The van der Waals surface area contributed by atoms with Crippen molar-refractivity contribution in [3.63, 3.8) is 0 Å². The highest BCUT2D eigenvalue weighted by atomic mass is 16.5. The molecule has 0 radical (unpaired) electrons. The normalized spacial score (nSPS) is 11.7. The first-order valence-corrected chi connectivity index (χ1v) is 10.2. The van der Waals surface area contributed by atoms with Gasteiger partial charge < -0.3 is 9.15 Å². The van der Waals surface area contributed by atoms with Crippen LogP contribution in [0.25, 0.3) is 0 Å². The second-order valence-corrected chi connectivity index (χ2v) is 7.70. The minimum atomic E-state index is -0.338. The van der Waals surface area contributed by atoms with Gasteiger partial charge in [-0.3, -0.25) is 4.79 Å². The molecule has 0 amide bonds. The quantitative estimate of drug-likeness (QED) is 0.284. The maximum Gasteiger partial charge on any atom is 0.311 e. The van der Waals surface area contributed by atoms with E-state index in [1.165, 1.54) is 38.5 Å². The number of unbranched alkanes of at least 4 members (excludes halogenated alkanes) is 6. The molecular formula is C22H38O3. The van der Waals surface area contributed by atoms with Crippen LogP contribution in [-0.2, 0) is 22.4 Å². The molecule has 0 bridgehead atoms. The van der Waals surface area contributed by atoms with E-state index in [9.17, 15) is 4.79 Å². The molecule has 0 saturated heterocycles. The highest BCUT2D eigenvalue weighted by molar-refractivity contribution is 5.75. The Morgan fingerprint density at radius 2 is 1.48 bits per heavy atom. The van der Waals surface area contributed by atoms with E-state index in [1.807, 2.05) is 20.8 Å². The van der Waals surface area contributed by atoms with Gasteiger partial charge in [0, 0.05) is 12.8 Å². The molecule has 1 aromatic heterocycles. The third-order valence-corrected chi connectivity index (χ3v) is 4.77. The Morgan fingerprint density at radius 3 is 2.08 bits per heavy atom. The number of hydrogen-bond donors (Lipinski definition) is 0. The van der Waals surface area contributed by atoms with Gasteiger partial charge in [0.1, 0.15) is 11.5 Å². The molecule has 0 fully saturated rings. The lowest BCUT2D eigenvalue weighted by molar-refractivity contribution is -0.153. The number of aryl methyl sites for hydroxylation is 2. The molecule has 3 heteroatoms. The molecule has 0 atom stereocenters. The van der Waals surface area contributed by atoms with Crippen LogP contribution in [-0.4, -0.2) is 12.6 Å². The molecule has 3 nitrogen and oxygen atoms in total. The fraction of sp³-hybridized carbons (Fsp3) is 0.773. The molecule has 0 aliphatic carbocycles. The minimum absolute atomic E-state index is 0.0602. The van der Waals surface area contributed by atoms with Crippen LogP contribution < -0.4 is 0 Å². The molecule has 0 unspecified atom stereocenters. The van der Waals surface area contributed by atoms with E-state index < -0.39 is 0 Å². The van der Waals surface area contributed by atoms with Gasteiger partial charge in [-0.2, -0.15) is 0 Å². The Bertz CT molecular complexity index is 473. The predicted molar refractivity (Wildman–Crippen MR) is 104 cm³/mol. The largest absolute Gasteiger partial charge is 0.466 e. The molecular weight excluding hydrogens is 312 g/mol. The first kappa shape index (κ1) is 21.8. The zero-order valence-corrected chi connectivity index (χ0v) is 16.9. The predicted octanol–water partition coefficient (Wildman–Crippen LogP) is 6.48. The third-order valence-electron chi connectivity index (χ3n) is 4.77. The van der Waals surface area contributed by atoms with Crippen molar-refractivity contribution < 1.29 is 13.9 Å². The average Bonchev–Trinajstić information content (AvgIpc) is 3.01. The van der Waals surface area contributed by atoms with Gasteiger partial charge in [-0.05, 0) is 52.2 Å². The summed E-state index contributed by atoms with van der Waals surface area (Å²) >= 11 is 0. The monoisotopic (exact) mass is 350 g/mol. The van der Waals surface area contributed by atoms with Gasteiger partial charge in [-0.1, -0.05) is 45.4 Å². The number of carbonyl (C=O) groups excluding carboxylic acids is 1. The summed E-state index contributed by atoms with van der Waals surface area (Å²) in [6.07, 6.45) is 12.8. The summed E-state index contributed by atoms with van der Waals surface area (Å²) in [6.45, 7) is 8.50. The van der Waals surface area contributed by atoms with Gasteiger partial charge >= 0.3 is 5.97 Å². The first-order valence-electron chi connectivity index (χ1n) is 10.2. The van der Waals surface area contributed by atoms with Gasteiger partial charge in [-0.25, -0.2) is 0 Å². The molecule has 25 heavy (non-hydrogen) atoms. The van der Waals surface area contributed by atoms with Crippen molar-refractivity contribution in [1.29, 1.82) is 0 Å². The maximum absolute atomic E-state index is 11.8. The smallest absolute Gasteiger partial charge is 0.311 e. The Kier molecular flexibility index (Phi) is 10.6. The van der Waals surface area contributed by atoms with Crippen LogP contribution >= 0.6 is 0 Å². The van der Waals surface area contributed by atoms with E-state index in [0.29, 0.717) is 6.61 Å². The number of ether oxygens (including phenoxy) is 1. The fourth-order valence-electron chi connectivity index (χ4n) is 3.12. The molecule has 144 valence electrons. The lowest BCUT2D eigenvalue weighted by atomic mass is 9.87. The number of hydrogen-bond acceptors (Lipinski definition) is 3. The maximum atomic E-state index is 11.8. The number of rotatable bonds is 14. The van der Waals surface area contributed by atoms with E-state index in [0.717, 1.165) is 43.6 Å². The van der Waals surface area contributed by atoms with Gasteiger partial charge in [0.25, 0.3) is 0 Å². The Labute approximate surface area is 154 Å². The van der Waals surface area contributed by atoms with E-state index in [2.05, 4.69) is 19.1 Å². The Morgan fingerprint density at radius 1 is 0.920 bits per heavy atom. The molecule has 0 N–H and O–H groups in total. The highest BCUT2D eigenvalue weighted by Crippen LogP contribution is 2.26. The summed E-state index contributed by atoms with van der Waals surface area (Å²) in [4.78, 5) is 11.8. The Hall–Kier alpha value is -1.25. The van der Waals surface area contributed by atoms with Crippen LogP contribution in [0.1, 0.15) is 97.0 Å². The van der Waals surface area contributed by atoms with Crippen LogP contribution in [0.5, 0.6) is 0 Å². The lowest BCUT2D eigenvalue weighted by Crippen LogP contribution is -2.26. The third kappa shape index (κ3) is 9.13. The lowest BCUT2D eigenvalue weighted by Gasteiger charge is -2.21. The van der Waals surface area contributed by atoms with Gasteiger partial charge in [0.15, 0.2) is 0 Å². The molecule has 0 saturated carbocycles. The van der Waals surface area contributed by atoms with Crippen LogP contribution in [0.3, 0.4) is 0 Å². The topological polar surface area (TPSA) is 39.4 Å². The molecule has 0 spiro atoms. The zero-order chi connectivity index (χ0) is 18.5. The summed E-state index contributed by atoms with van der Waals surface area (Å²) in [6, 6.07) is 4.26. The van der Waals surface area contributed by atoms with Gasteiger partial charge in [0.2, 0.25) is 0 Å². The van der Waals surface area contributed by atoms with Crippen molar-refractivity contribution in [2.45, 2.75) is 98.3 Å². The fourth-order valence-corrected chi connectivity index (χ4v) is 3.12. The van der Waals surface area contributed by atoms with E-state index in [4.69, 9.17) is 9.15 Å². The van der Waals surface area contributed by atoms with Crippen LogP contribution in [0.2, 0.25) is 0 Å². The first-order chi connectivity index (χ1) is 12.0. The summed E-state index contributed by atoms with van der Waals surface area (Å²) in [7, 11) is 0. The van der Waals surface area contributed by atoms with Crippen molar-refractivity contribution >= 4 is 5.97 Å². The number of esters is 1. The van der Waals surface area contributed by atoms with E-state index >= 15 is 0 Å². The summed E-state index contributed by atoms with van der Waals surface area (Å²) in [5, 5.41) is 0. The summed E-state index contributed by atoms with van der Waals surface area (Å²) in [5.74, 6) is 2.21. The molecule has 1 rings (SSSR count). The summed E-state index contributed by atoms with van der Waals surface area (Å²) < 4.78 is 10.9. The highest BCUT2D eigenvalue weighted by Gasteiger charge is 2.28. The molecule has 1 aromatic rings. The summed E-state index contributed by atoms with van der Waals surface area (Å²) in [5.41, 5.74) is -0.338. The molecule has 0 aliphatic heterocycles. The van der Waals surface area contributed by atoms with E-state index in [1.54, 1.807) is 0 Å². The molecule has 0 aliphatic rings. The van der Waals surface area contributed by atoms with Crippen LogP contribution in [0.4, 0.5) is 0 Å². The standard InChI is InChI=1S/C22H38O3/c1-5-14-19-16-17-20(25-19)15-12-10-8-7-9-11-13-18-22(3,4)21(23)24-6-2/h16-17H,5-15,18H2,1-4H3.